The summed E-state index contributed by atoms with van der Waals surface area (Å²) in [7, 11) is 0. The Morgan fingerprint density at radius 1 is 0.206 bits per heavy atom. The number of aromatic nitrogens is 4. The van der Waals surface area contributed by atoms with Crippen LogP contribution in [0.25, 0.3) is 121 Å². The second kappa shape index (κ2) is 26.1. The van der Waals surface area contributed by atoms with Crippen LogP contribution in [0.1, 0.15) is 90.7 Å². The third kappa shape index (κ3) is 10.9. The van der Waals surface area contributed by atoms with Crippen LogP contribution in [0.2, 0.25) is 0 Å². The Balaban J connectivity index is 0.0000000847. The van der Waals surface area contributed by atoms with Gasteiger partial charge >= 0.3 is 0 Å². The van der Waals surface area contributed by atoms with E-state index in [1.807, 2.05) is 49.3 Å². The number of pyridine rings is 4. The number of aryl methyl sites for hydroxylation is 1. The molecule has 0 atom stereocenters. The minimum absolute atomic E-state index is 1.04. The van der Waals surface area contributed by atoms with Crippen LogP contribution in [0.4, 0.5) is 0 Å². The molecule has 0 radical (unpaired) electrons. The fourth-order valence-corrected chi connectivity index (χ4v) is 17.5. The summed E-state index contributed by atoms with van der Waals surface area (Å²) >= 11 is 0. The van der Waals surface area contributed by atoms with Crippen molar-refractivity contribution in [2.75, 3.05) is 0 Å². The molecule has 4 heterocycles. The van der Waals surface area contributed by atoms with Crippen molar-refractivity contribution in [3.63, 3.8) is 0 Å². The monoisotopic (exact) mass is 1300 g/mol. The first-order valence-corrected chi connectivity index (χ1v) is 36.2. The van der Waals surface area contributed by atoms with Gasteiger partial charge in [-0.15, -0.1) is 0 Å². The van der Waals surface area contributed by atoms with Gasteiger partial charge in [0.25, 0.3) is 0 Å². The molecule has 0 unspecified atom stereocenters. The SMILES string of the molecule is c1ccc2c(c1)Cc1ccc3c(c1-2)CCCC3.c1ccc2c(c1)Cc1ccc3ccccc3c1-2.c1ccc2c(c1)Cc1ccc3cccnc3c1-2.c1ccc2c(c1)Cc1ccc3ccncc3c1-2.c1ccc2c(c1)Cc1ccc3cnccc3c1-2.c1ccc2c(c1)Cc1ccc3ncccc3c1-2. The maximum Gasteiger partial charge on any atom is 0.0783 e. The summed E-state index contributed by atoms with van der Waals surface area (Å²) in [6.07, 6.45) is 23.1. The third-order valence-corrected chi connectivity index (χ3v) is 22.2. The molecule has 0 bridgehead atoms. The average molecular weight is 1310 g/mol. The van der Waals surface area contributed by atoms with Gasteiger partial charge in [-0.05, 0) is 255 Å². The Hall–Kier alpha value is -12.2. The first-order chi connectivity index (χ1) is 50.6. The quantitative estimate of drug-likeness (QED) is 0.152. The molecular formula is C98H72N4. The molecule has 7 aliphatic carbocycles. The van der Waals surface area contributed by atoms with Gasteiger partial charge in [-0.25, -0.2) is 0 Å². The first-order valence-electron chi connectivity index (χ1n) is 36.2. The van der Waals surface area contributed by atoms with Gasteiger partial charge in [-0.1, -0.05) is 249 Å². The highest BCUT2D eigenvalue weighted by Gasteiger charge is 2.27. The van der Waals surface area contributed by atoms with Crippen molar-refractivity contribution in [2.24, 2.45) is 0 Å². The van der Waals surface area contributed by atoms with E-state index >= 15 is 0 Å². The number of nitrogens with zero attached hydrogens (tertiary/aromatic N) is 4. The van der Waals surface area contributed by atoms with E-state index in [4.69, 9.17) is 0 Å². The molecule has 24 rings (SSSR count). The fourth-order valence-electron chi connectivity index (χ4n) is 17.5. The molecule has 7 aliphatic rings. The predicted octanol–water partition coefficient (Wildman–Crippen LogP) is 23.8. The van der Waals surface area contributed by atoms with Crippen molar-refractivity contribution in [3.05, 3.63) is 394 Å². The molecule has 0 saturated carbocycles. The Morgan fingerprint density at radius 3 is 1.18 bits per heavy atom. The maximum atomic E-state index is 4.55. The number of fused-ring (bicyclic) bond motifs is 30. The zero-order valence-corrected chi connectivity index (χ0v) is 56.9. The molecule has 0 spiro atoms. The lowest BCUT2D eigenvalue weighted by Gasteiger charge is -2.19. The van der Waals surface area contributed by atoms with Gasteiger partial charge in [0, 0.05) is 64.3 Å². The van der Waals surface area contributed by atoms with E-state index in [9.17, 15) is 0 Å². The van der Waals surface area contributed by atoms with E-state index in [1.54, 1.807) is 22.3 Å². The molecule has 0 fully saturated rings. The predicted molar refractivity (Wildman–Crippen MR) is 423 cm³/mol. The first kappa shape index (κ1) is 60.9. The maximum absolute atomic E-state index is 4.55. The standard InChI is InChI=1S/C17H16.C17H12.4C16H11N/c2*1-3-7-15-12(5-1)9-10-14-11-13-6-2-4-8-16(13)17(14)15;1-2-6-14-12(4-1)10-13-8-7-11-5-3-9-17-16(11)15(13)14;1-2-5-13-11(4-1)10-12-7-8-15-14(16(12)13)6-3-9-17-15;1-2-4-14-12(3-1)9-13-6-5-11-7-8-17-10-15(11)16(13)14;1-2-4-14-11(3-1)9-12-5-6-13-10-17-8-7-15(13)16(12)14/h2,4,6,8-10H,1,3,5,7,11H2;1-10H,11H2;2*1-9H,10H2;2*1-8,10H,9H2. The highest BCUT2D eigenvalue weighted by molar-refractivity contribution is 6.04. The fraction of sp³-hybridized carbons (Fsp3) is 0.102. The Morgan fingerprint density at radius 2 is 0.578 bits per heavy atom. The smallest absolute Gasteiger partial charge is 0.0783 e. The van der Waals surface area contributed by atoms with Crippen LogP contribution < -0.4 is 0 Å². The highest BCUT2D eigenvalue weighted by Crippen LogP contribution is 2.47. The van der Waals surface area contributed by atoms with Crippen molar-refractivity contribution < 1.29 is 0 Å². The number of rotatable bonds is 0. The summed E-state index contributed by atoms with van der Waals surface area (Å²) in [5, 5.41) is 10.3. The van der Waals surface area contributed by atoms with Gasteiger partial charge < -0.3 is 0 Å². The van der Waals surface area contributed by atoms with E-state index in [0.717, 1.165) is 49.6 Å². The van der Waals surface area contributed by atoms with Gasteiger partial charge in [0.2, 0.25) is 0 Å². The van der Waals surface area contributed by atoms with E-state index < -0.39 is 0 Å². The van der Waals surface area contributed by atoms with Crippen molar-refractivity contribution in [1.29, 1.82) is 0 Å². The molecule has 4 heteroatoms. The molecule has 0 saturated heterocycles. The number of hydrogen-bond donors (Lipinski definition) is 0. The number of benzene rings is 13. The van der Waals surface area contributed by atoms with Crippen LogP contribution >= 0.6 is 0 Å². The molecule has 17 aromatic rings. The normalized spacial score (nSPS) is 13.1. The van der Waals surface area contributed by atoms with Gasteiger partial charge in [-0.2, -0.15) is 0 Å². The van der Waals surface area contributed by atoms with Crippen LogP contribution in [-0.2, 0) is 51.4 Å². The molecule has 13 aromatic carbocycles. The van der Waals surface area contributed by atoms with Crippen molar-refractivity contribution in [2.45, 2.75) is 64.2 Å². The Kier molecular flexibility index (Phi) is 15.6. The van der Waals surface area contributed by atoms with Crippen molar-refractivity contribution >= 4 is 54.1 Å². The topological polar surface area (TPSA) is 51.6 Å². The van der Waals surface area contributed by atoms with Gasteiger partial charge in [0.15, 0.2) is 0 Å². The van der Waals surface area contributed by atoms with Gasteiger partial charge in [0.1, 0.15) is 0 Å². The highest BCUT2D eigenvalue weighted by atomic mass is 14.7. The van der Waals surface area contributed by atoms with E-state index in [-0.39, 0.29) is 0 Å². The zero-order valence-electron chi connectivity index (χ0n) is 56.9. The molecule has 0 N–H and O–H groups in total. The Labute approximate surface area is 595 Å². The van der Waals surface area contributed by atoms with Gasteiger partial charge in [0.05, 0.1) is 11.0 Å². The molecule has 102 heavy (non-hydrogen) atoms. The Bertz CT molecular complexity index is 5430. The third-order valence-electron chi connectivity index (χ3n) is 22.2. The van der Waals surface area contributed by atoms with E-state index in [1.165, 1.54) is 191 Å². The van der Waals surface area contributed by atoms with Crippen LogP contribution in [0.15, 0.2) is 316 Å². The lowest BCUT2D eigenvalue weighted by atomic mass is 9.85. The zero-order chi connectivity index (χ0) is 67.5. The lowest BCUT2D eigenvalue weighted by Crippen LogP contribution is -2.04. The second-order valence-electron chi connectivity index (χ2n) is 28.0. The summed E-state index contributed by atoms with van der Waals surface area (Å²) in [5.74, 6) is 0. The van der Waals surface area contributed by atoms with Crippen LogP contribution in [-0.4, -0.2) is 19.9 Å². The van der Waals surface area contributed by atoms with Crippen molar-refractivity contribution in [3.8, 4) is 66.8 Å². The van der Waals surface area contributed by atoms with Crippen molar-refractivity contribution in [1.82, 2.24) is 19.9 Å². The summed E-state index contributed by atoms with van der Waals surface area (Å²) in [6.45, 7) is 0. The number of hydrogen-bond acceptors (Lipinski definition) is 4. The van der Waals surface area contributed by atoms with E-state index in [2.05, 4.69) is 287 Å². The molecule has 4 nitrogen and oxygen atoms in total. The summed E-state index contributed by atoms with van der Waals surface area (Å²) in [6, 6.07) is 100. The van der Waals surface area contributed by atoms with E-state index in [0.29, 0.717) is 0 Å². The second-order valence-corrected chi connectivity index (χ2v) is 28.0. The molecule has 0 aliphatic heterocycles. The van der Waals surface area contributed by atoms with Crippen LogP contribution in [0.3, 0.4) is 0 Å². The minimum atomic E-state index is 1.04. The van der Waals surface area contributed by atoms with Crippen LogP contribution in [0, 0.1) is 0 Å². The minimum Gasteiger partial charge on any atom is -0.264 e. The van der Waals surface area contributed by atoms with Gasteiger partial charge in [-0.3, -0.25) is 19.9 Å². The lowest BCUT2D eigenvalue weighted by molar-refractivity contribution is 0.686. The molecule has 0 amide bonds. The molecule has 484 valence electrons. The molecule has 4 aromatic heterocycles. The summed E-state index contributed by atoms with van der Waals surface area (Å²) in [5.41, 5.74) is 39.8. The summed E-state index contributed by atoms with van der Waals surface area (Å²) in [4.78, 5) is 17.4. The molecular weight excluding hydrogens is 1230 g/mol. The van der Waals surface area contributed by atoms with Crippen LogP contribution in [0.5, 0.6) is 0 Å². The largest absolute Gasteiger partial charge is 0.264 e. The average Bonchev–Trinajstić information content (AvgIpc) is 1.64. The summed E-state index contributed by atoms with van der Waals surface area (Å²) < 4.78 is 0.